The molecule has 3 nitrogen and oxygen atoms in total. The van der Waals surface area contributed by atoms with Gasteiger partial charge in [0.25, 0.3) is 0 Å². The van der Waals surface area contributed by atoms with Crippen LogP contribution < -0.4 is 10.1 Å². The number of methoxy groups -OCH3 is 1. The molecule has 23 heavy (non-hydrogen) atoms. The van der Waals surface area contributed by atoms with E-state index in [0.717, 1.165) is 10.6 Å². The van der Waals surface area contributed by atoms with E-state index in [4.69, 9.17) is 4.74 Å². The number of rotatable bonds is 7. The van der Waals surface area contributed by atoms with Gasteiger partial charge in [-0.3, -0.25) is 4.79 Å². The minimum absolute atomic E-state index is 0.0635. The number of hydrogen-bond donors (Lipinski definition) is 1. The third-order valence-corrected chi connectivity index (χ3v) is 4.80. The van der Waals surface area contributed by atoms with Crippen LogP contribution in [0.25, 0.3) is 0 Å². The lowest BCUT2D eigenvalue weighted by atomic mass is 10.0. The Kier molecular flexibility index (Phi) is 6.53. The molecule has 2 aromatic carbocycles. The highest BCUT2D eigenvalue weighted by Crippen LogP contribution is 2.25. The second-order valence-electron chi connectivity index (χ2n) is 5.49. The fraction of sp³-hybridized carbons (Fsp3) is 0.316. The van der Waals surface area contributed by atoms with E-state index in [-0.39, 0.29) is 11.2 Å². The fourth-order valence-electron chi connectivity index (χ4n) is 2.21. The monoisotopic (exact) mass is 329 g/mol. The number of nitrogens with one attached hydrogen (secondary N) is 1. The summed E-state index contributed by atoms with van der Waals surface area (Å²) in [4.78, 5) is 13.3. The van der Waals surface area contributed by atoms with E-state index in [9.17, 15) is 4.79 Å². The first-order chi connectivity index (χ1) is 11.1. The number of ether oxygens (including phenoxy) is 1. The largest absolute Gasteiger partial charge is 0.497 e. The van der Waals surface area contributed by atoms with Gasteiger partial charge in [0, 0.05) is 11.4 Å². The second kappa shape index (κ2) is 8.63. The third-order valence-electron chi connectivity index (χ3n) is 3.69. The lowest BCUT2D eigenvalue weighted by Gasteiger charge is -2.16. The summed E-state index contributed by atoms with van der Waals surface area (Å²) < 4.78 is 5.14. The Hall–Kier alpha value is -1.94. The van der Waals surface area contributed by atoms with Crippen molar-refractivity contribution < 1.29 is 9.53 Å². The fourth-order valence-corrected chi connectivity index (χ4v) is 3.10. The SMILES string of the molecule is COc1ccc(S[C@@H](C)C(=O)NC[C@@H](C)c2ccccc2)cc1. The zero-order valence-electron chi connectivity index (χ0n) is 13.8. The van der Waals surface area contributed by atoms with Crippen LogP contribution in [0.5, 0.6) is 5.75 Å². The van der Waals surface area contributed by atoms with Crippen LogP contribution >= 0.6 is 11.8 Å². The highest BCUT2D eigenvalue weighted by atomic mass is 32.2. The lowest BCUT2D eigenvalue weighted by molar-refractivity contribution is -0.120. The van der Waals surface area contributed by atoms with Crippen molar-refractivity contribution in [3.05, 3.63) is 60.2 Å². The van der Waals surface area contributed by atoms with Crippen molar-refractivity contribution in [2.45, 2.75) is 29.9 Å². The summed E-state index contributed by atoms with van der Waals surface area (Å²) >= 11 is 1.55. The van der Waals surface area contributed by atoms with Crippen LogP contribution in [0.4, 0.5) is 0 Å². The van der Waals surface area contributed by atoms with E-state index in [2.05, 4.69) is 24.4 Å². The second-order valence-corrected chi connectivity index (χ2v) is 6.91. The number of amides is 1. The summed E-state index contributed by atoms with van der Waals surface area (Å²) in [5.74, 6) is 1.19. The molecule has 0 radical (unpaired) electrons. The molecular weight excluding hydrogens is 306 g/mol. The number of carbonyl (C=O) groups excluding carboxylic acids is 1. The molecule has 0 saturated heterocycles. The first-order valence-corrected chi connectivity index (χ1v) is 8.61. The number of benzene rings is 2. The molecule has 0 spiro atoms. The van der Waals surface area contributed by atoms with Gasteiger partial charge in [-0.25, -0.2) is 0 Å². The van der Waals surface area contributed by atoms with Crippen LogP contribution in [-0.2, 0) is 4.79 Å². The van der Waals surface area contributed by atoms with Gasteiger partial charge in [0.05, 0.1) is 12.4 Å². The van der Waals surface area contributed by atoms with Gasteiger partial charge in [-0.2, -0.15) is 0 Å². The van der Waals surface area contributed by atoms with E-state index in [0.29, 0.717) is 12.5 Å². The quantitative estimate of drug-likeness (QED) is 0.777. The predicted molar refractivity (Wildman–Crippen MR) is 96.2 cm³/mol. The minimum atomic E-state index is -0.133. The Morgan fingerprint density at radius 2 is 1.74 bits per heavy atom. The van der Waals surface area contributed by atoms with Gasteiger partial charge in [-0.1, -0.05) is 37.3 Å². The minimum Gasteiger partial charge on any atom is -0.497 e. The predicted octanol–water partition coefficient (Wildman–Crippen LogP) is 4.10. The average molecular weight is 329 g/mol. The molecule has 122 valence electrons. The van der Waals surface area contributed by atoms with Crippen LogP contribution in [0.15, 0.2) is 59.5 Å². The molecule has 0 aliphatic carbocycles. The summed E-state index contributed by atoms with van der Waals surface area (Å²) in [6.07, 6.45) is 0. The van der Waals surface area contributed by atoms with Crippen molar-refractivity contribution in [3.8, 4) is 5.75 Å². The van der Waals surface area contributed by atoms with Gasteiger partial charge in [0.1, 0.15) is 5.75 Å². The normalized spacial score (nSPS) is 13.2. The maximum Gasteiger partial charge on any atom is 0.233 e. The molecule has 0 unspecified atom stereocenters. The van der Waals surface area contributed by atoms with E-state index in [1.807, 2.05) is 49.4 Å². The van der Waals surface area contributed by atoms with Crippen LogP contribution in [0.3, 0.4) is 0 Å². The highest BCUT2D eigenvalue weighted by Gasteiger charge is 2.15. The first-order valence-electron chi connectivity index (χ1n) is 7.73. The molecule has 0 aliphatic heterocycles. The Morgan fingerprint density at radius 3 is 2.35 bits per heavy atom. The molecular formula is C19H23NO2S. The Morgan fingerprint density at radius 1 is 1.09 bits per heavy atom. The molecule has 0 heterocycles. The van der Waals surface area contributed by atoms with E-state index >= 15 is 0 Å². The summed E-state index contributed by atoms with van der Waals surface area (Å²) in [6.45, 7) is 4.70. The first kappa shape index (κ1) is 17.4. The Bertz CT molecular complexity index is 613. The molecule has 0 aliphatic rings. The van der Waals surface area contributed by atoms with Crippen molar-refractivity contribution in [1.82, 2.24) is 5.32 Å². The van der Waals surface area contributed by atoms with Crippen molar-refractivity contribution in [3.63, 3.8) is 0 Å². The molecule has 2 aromatic rings. The standard InChI is InChI=1S/C19H23NO2S/c1-14(16-7-5-4-6-8-16)13-20-19(21)15(2)23-18-11-9-17(22-3)10-12-18/h4-12,14-15H,13H2,1-3H3,(H,20,21)/t14-,15+/m1/s1. The van der Waals surface area contributed by atoms with Crippen LogP contribution in [0, 0.1) is 0 Å². The summed E-state index contributed by atoms with van der Waals surface area (Å²) in [6, 6.07) is 18.0. The highest BCUT2D eigenvalue weighted by molar-refractivity contribution is 8.00. The van der Waals surface area contributed by atoms with Crippen molar-refractivity contribution in [2.24, 2.45) is 0 Å². The summed E-state index contributed by atoms with van der Waals surface area (Å²) in [7, 11) is 1.64. The maximum absolute atomic E-state index is 12.2. The Balaban J connectivity index is 1.82. The van der Waals surface area contributed by atoms with Crippen LogP contribution in [0.2, 0.25) is 0 Å². The van der Waals surface area contributed by atoms with Gasteiger partial charge in [0.15, 0.2) is 0 Å². The molecule has 2 rings (SSSR count). The molecule has 2 atom stereocenters. The van der Waals surface area contributed by atoms with Crippen LogP contribution in [-0.4, -0.2) is 24.8 Å². The summed E-state index contributed by atoms with van der Waals surface area (Å²) in [5, 5.41) is 2.91. The third kappa shape index (κ3) is 5.32. The van der Waals surface area contributed by atoms with Crippen molar-refractivity contribution >= 4 is 17.7 Å². The van der Waals surface area contributed by atoms with E-state index < -0.39 is 0 Å². The van der Waals surface area contributed by atoms with Gasteiger partial charge in [0.2, 0.25) is 5.91 Å². The maximum atomic E-state index is 12.2. The van der Waals surface area contributed by atoms with Crippen molar-refractivity contribution in [1.29, 1.82) is 0 Å². The lowest BCUT2D eigenvalue weighted by Crippen LogP contribution is -2.33. The van der Waals surface area contributed by atoms with E-state index in [1.165, 1.54) is 5.56 Å². The zero-order valence-corrected chi connectivity index (χ0v) is 14.6. The molecule has 0 aromatic heterocycles. The smallest absolute Gasteiger partial charge is 0.233 e. The molecule has 1 N–H and O–H groups in total. The number of thioether (sulfide) groups is 1. The van der Waals surface area contributed by atoms with E-state index in [1.54, 1.807) is 18.9 Å². The average Bonchev–Trinajstić information content (AvgIpc) is 2.60. The molecule has 0 fully saturated rings. The van der Waals surface area contributed by atoms with Gasteiger partial charge < -0.3 is 10.1 Å². The molecule has 0 bridgehead atoms. The van der Waals surface area contributed by atoms with Gasteiger partial charge in [-0.15, -0.1) is 11.8 Å². The Labute approximate surface area is 142 Å². The molecule has 1 amide bonds. The number of carbonyl (C=O) groups is 1. The van der Waals surface area contributed by atoms with Crippen LogP contribution in [0.1, 0.15) is 25.3 Å². The van der Waals surface area contributed by atoms with Gasteiger partial charge >= 0.3 is 0 Å². The van der Waals surface area contributed by atoms with Gasteiger partial charge in [-0.05, 0) is 42.7 Å². The summed E-state index contributed by atoms with van der Waals surface area (Å²) in [5.41, 5.74) is 1.24. The number of hydrogen-bond acceptors (Lipinski definition) is 3. The zero-order chi connectivity index (χ0) is 16.7. The topological polar surface area (TPSA) is 38.3 Å². The molecule has 4 heteroatoms. The van der Waals surface area contributed by atoms with Crippen molar-refractivity contribution in [2.75, 3.05) is 13.7 Å². The molecule has 0 saturated carbocycles.